The van der Waals surface area contributed by atoms with Crippen molar-refractivity contribution in [2.45, 2.75) is 26.3 Å². The number of aliphatic carboxylic acids is 1. The van der Waals surface area contributed by atoms with Crippen LogP contribution in [-0.4, -0.2) is 29.1 Å². The molecule has 0 aromatic heterocycles. The summed E-state index contributed by atoms with van der Waals surface area (Å²) in [5, 5.41) is 13.7. The molecule has 0 radical (unpaired) electrons. The van der Waals surface area contributed by atoms with Crippen LogP contribution >= 0.6 is 15.9 Å². The summed E-state index contributed by atoms with van der Waals surface area (Å²) < 4.78 is 0.876. The molecule has 1 atom stereocenters. The zero-order valence-electron chi connectivity index (χ0n) is 11.6. The van der Waals surface area contributed by atoms with Gasteiger partial charge >= 0.3 is 12.0 Å². The van der Waals surface area contributed by atoms with Crippen LogP contribution < -0.4 is 16.4 Å². The molecular formula is C13H16BrN3O4. The zero-order chi connectivity index (χ0) is 16.2. The van der Waals surface area contributed by atoms with Crippen molar-refractivity contribution in [2.24, 2.45) is 5.73 Å². The Morgan fingerprint density at radius 2 is 1.81 bits per heavy atom. The molecule has 114 valence electrons. The van der Waals surface area contributed by atoms with Gasteiger partial charge in [0.25, 0.3) is 0 Å². The van der Waals surface area contributed by atoms with E-state index in [1.54, 1.807) is 0 Å². The maximum atomic E-state index is 11.8. The third-order valence-corrected chi connectivity index (χ3v) is 3.20. The second kappa shape index (κ2) is 7.07. The number of amides is 3. The molecule has 0 saturated carbocycles. The first-order valence-corrected chi connectivity index (χ1v) is 6.85. The molecule has 21 heavy (non-hydrogen) atoms. The Labute approximate surface area is 130 Å². The van der Waals surface area contributed by atoms with Crippen LogP contribution in [-0.2, 0) is 9.59 Å². The number of halogens is 1. The number of primary amides is 1. The first-order valence-electron chi connectivity index (χ1n) is 6.06. The van der Waals surface area contributed by atoms with Gasteiger partial charge in [-0.15, -0.1) is 0 Å². The van der Waals surface area contributed by atoms with Gasteiger partial charge in [0.2, 0.25) is 5.91 Å². The Balaban J connectivity index is 2.82. The quantitative estimate of drug-likeness (QED) is 0.637. The van der Waals surface area contributed by atoms with Gasteiger partial charge in [-0.2, -0.15) is 0 Å². The van der Waals surface area contributed by atoms with Gasteiger partial charge in [-0.1, -0.05) is 15.9 Å². The lowest BCUT2D eigenvalue weighted by Gasteiger charge is -2.16. The second-order valence-corrected chi connectivity index (χ2v) is 5.49. The third kappa shape index (κ3) is 5.07. The topological polar surface area (TPSA) is 122 Å². The lowest BCUT2D eigenvalue weighted by molar-refractivity contribution is -0.140. The fourth-order valence-corrected chi connectivity index (χ4v) is 2.50. The Kier molecular flexibility index (Phi) is 5.71. The largest absolute Gasteiger partial charge is 0.480 e. The van der Waals surface area contributed by atoms with E-state index in [0.717, 1.165) is 15.6 Å². The summed E-state index contributed by atoms with van der Waals surface area (Å²) in [5.41, 5.74) is 7.16. The van der Waals surface area contributed by atoms with Crippen molar-refractivity contribution in [3.63, 3.8) is 0 Å². The standard InChI is InChI=1S/C13H16BrN3O4/c1-6-3-8(14)4-7(2)11(6)17-13(21)16-9(12(19)20)5-10(15)18/h3-4,9H,5H2,1-2H3,(H2,15,18)(H,19,20)(H2,16,17,21)/t9-/m0/s1. The summed E-state index contributed by atoms with van der Waals surface area (Å²) in [6.45, 7) is 3.62. The lowest BCUT2D eigenvalue weighted by atomic mass is 10.1. The predicted octanol–water partition coefficient (Wildman–Crippen LogP) is 1.52. The van der Waals surface area contributed by atoms with E-state index in [0.29, 0.717) is 5.69 Å². The van der Waals surface area contributed by atoms with Crippen LogP contribution in [0.2, 0.25) is 0 Å². The Hall–Kier alpha value is -2.09. The molecule has 0 aliphatic rings. The average molecular weight is 358 g/mol. The number of aryl methyl sites for hydroxylation is 2. The summed E-state index contributed by atoms with van der Waals surface area (Å²) in [6.07, 6.45) is -0.471. The molecule has 1 rings (SSSR count). The van der Waals surface area contributed by atoms with Gasteiger partial charge in [-0.3, -0.25) is 4.79 Å². The minimum Gasteiger partial charge on any atom is -0.480 e. The van der Waals surface area contributed by atoms with E-state index < -0.39 is 30.4 Å². The summed E-state index contributed by atoms with van der Waals surface area (Å²) in [7, 11) is 0. The summed E-state index contributed by atoms with van der Waals surface area (Å²) >= 11 is 3.34. The fraction of sp³-hybridized carbons (Fsp3) is 0.308. The molecule has 1 aromatic rings. The molecule has 0 bridgehead atoms. The first-order chi connectivity index (χ1) is 9.70. The van der Waals surface area contributed by atoms with Gasteiger partial charge in [0.15, 0.2) is 0 Å². The number of carboxylic acids is 1. The molecule has 0 saturated heterocycles. The van der Waals surface area contributed by atoms with Crippen molar-refractivity contribution < 1.29 is 19.5 Å². The number of rotatable bonds is 5. The Morgan fingerprint density at radius 3 is 2.24 bits per heavy atom. The molecule has 0 spiro atoms. The lowest BCUT2D eigenvalue weighted by Crippen LogP contribution is -2.45. The van der Waals surface area contributed by atoms with Crippen molar-refractivity contribution in [3.8, 4) is 0 Å². The average Bonchev–Trinajstić information content (AvgIpc) is 2.32. The SMILES string of the molecule is Cc1cc(Br)cc(C)c1NC(=O)N[C@@H](CC(N)=O)C(=O)O. The smallest absolute Gasteiger partial charge is 0.326 e. The molecule has 8 heteroatoms. The van der Waals surface area contributed by atoms with Crippen molar-refractivity contribution in [3.05, 3.63) is 27.7 Å². The van der Waals surface area contributed by atoms with Gasteiger partial charge in [0.05, 0.1) is 6.42 Å². The van der Waals surface area contributed by atoms with Gasteiger partial charge < -0.3 is 21.5 Å². The Morgan fingerprint density at radius 1 is 1.29 bits per heavy atom. The number of anilines is 1. The normalized spacial score (nSPS) is 11.6. The number of carbonyl (C=O) groups excluding carboxylic acids is 2. The van der Waals surface area contributed by atoms with Gasteiger partial charge in [0.1, 0.15) is 6.04 Å². The highest BCUT2D eigenvalue weighted by Crippen LogP contribution is 2.24. The summed E-state index contributed by atoms with van der Waals surface area (Å²) in [5.74, 6) is -2.13. The van der Waals surface area contributed by atoms with Crippen LogP contribution in [0.5, 0.6) is 0 Å². The number of hydrogen-bond acceptors (Lipinski definition) is 3. The second-order valence-electron chi connectivity index (χ2n) is 4.57. The van der Waals surface area contributed by atoms with Crippen molar-refractivity contribution >= 4 is 39.5 Å². The summed E-state index contributed by atoms with van der Waals surface area (Å²) in [4.78, 5) is 33.6. The number of hydrogen-bond donors (Lipinski definition) is 4. The third-order valence-electron chi connectivity index (χ3n) is 2.74. The van der Waals surface area contributed by atoms with E-state index in [9.17, 15) is 14.4 Å². The van der Waals surface area contributed by atoms with Crippen LogP contribution in [0.15, 0.2) is 16.6 Å². The van der Waals surface area contributed by atoms with E-state index in [1.807, 2.05) is 26.0 Å². The molecule has 0 unspecified atom stereocenters. The molecule has 1 aromatic carbocycles. The van der Waals surface area contributed by atoms with E-state index in [2.05, 4.69) is 26.6 Å². The van der Waals surface area contributed by atoms with Crippen molar-refractivity contribution in [1.82, 2.24) is 5.32 Å². The van der Waals surface area contributed by atoms with E-state index in [4.69, 9.17) is 10.8 Å². The molecule has 3 amide bonds. The van der Waals surface area contributed by atoms with E-state index >= 15 is 0 Å². The monoisotopic (exact) mass is 357 g/mol. The van der Waals surface area contributed by atoms with Crippen molar-refractivity contribution in [1.29, 1.82) is 0 Å². The number of nitrogens with two attached hydrogens (primary N) is 1. The number of benzene rings is 1. The highest BCUT2D eigenvalue weighted by atomic mass is 79.9. The minimum absolute atomic E-state index is 0.471. The van der Waals surface area contributed by atoms with Crippen LogP contribution in [0.4, 0.5) is 10.5 Å². The molecule has 0 fully saturated rings. The number of nitrogens with one attached hydrogen (secondary N) is 2. The number of carboxylic acid groups (broad SMARTS) is 1. The number of carbonyl (C=O) groups is 3. The maximum absolute atomic E-state index is 11.8. The highest BCUT2D eigenvalue weighted by molar-refractivity contribution is 9.10. The van der Waals surface area contributed by atoms with Gasteiger partial charge in [0, 0.05) is 10.2 Å². The first kappa shape index (κ1) is 17.0. The fourth-order valence-electron chi connectivity index (χ4n) is 1.82. The minimum atomic E-state index is -1.36. The van der Waals surface area contributed by atoms with Crippen LogP contribution in [0.3, 0.4) is 0 Å². The zero-order valence-corrected chi connectivity index (χ0v) is 13.2. The molecule has 0 heterocycles. The Bertz CT molecular complexity index is 566. The molecule has 7 nitrogen and oxygen atoms in total. The van der Waals surface area contributed by atoms with Crippen molar-refractivity contribution in [2.75, 3.05) is 5.32 Å². The molecule has 0 aliphatic heterocycles. The maximum Gasteiger partial charge on any atom is 0.326 e. The highest BCUT2D eigenvalue weighted by Gasteiger charge is 2.22. The van der Waals surface area contributed by atoms with Crippen LogP contribution in [0.1, 0.15) is 17.5 Å². The van der Waals surface area contributed by atoms with Gasteiger partial charge in [-0.25, -0.2) is 9.59 Å². The molecule has 0 aliphatic carbocycles. The van der Waals surface area contributed by atoms with Gasteiger partial charge in [-0.05, 0) is 37.1 Å². The molecule has 5 N–H and O–H groups in total. The van der Waals surface area contributed by atoms with Crippen LogP contribution in [0, 0.1) is 13.8 Å². The van der Waals surface area contributed by atoms with E-state index in [-0.39, 0.29) is 0 Å². The molecular weight excluding hydrogens is 342 g/mol. The summed E-state index contributed by atoms with van der Waals surface area (Å²) in [6, 6.07) is 1.57. The van der Waals surface area contributed by atoms with E-state index in [1.165, 1.54) is 0 Å². The predicted molar refractivity (Wildman–Crippen MR) is 81.0 cm³/mol. The number of urea groups is 1. The van der Waals surface area contributed by atoms with Crippen LogP contribution in [0.25, 0.3) is 0 Å².